The van der Waals surface area contributed by atoms with Gasteiger partial charge in [-0.05, 0) is 24.7 Å². The molecule has 2 aromatic rings. The molecule has 1 N–H and O–H groups in total. The lowest BCUT2D eigenvalue weighted by atomic mass is 10.1. The van der Waals surface area contributed by atoms with E-state index in [0.717, 1.165) is 25.0 Å². The predicted molar refractivity (Wildman–Crippen MR) is 87.0 cm³/mol. The van der Waals surface area contributed by atoms with Gasteiger partial charge in [-0.25, -0.2) is 4.79 Å². The van der Waals surface area contributed by atoms with Gasteiger partial charge < -0.3 is 14.6 Å². The monoisotopic (exact) mass is 302 g/mol. The maximum absolute atomic E-state index is 12.1. The van der Waals surface area contributed by atoms with Crippen LogP contribution < -0.4 is 10.9 Å². The lowest BCUT2D eigenvalue weighted by molar-refractivity contribution is -0.120. The highest BCUT2D eigenvalue weighted by atomic mass is 16.4. The van der Waals surface area contributed by atoms with Crippen molar-refractivity contribution in [1.82, 2.24) is 10.2 Å². The molecule has 0 saturated carbocycles. The van der Waals surface area contributed by atoms with E-state index in [2.05, 4.69) is 24.1 Å². The summed E-state index contributed by atoms with van der Waals surface area (Å²) < 4.78 is 5.13. The Morgan fingerprint density at radius 2 is 1.95 bits per heavy atom. The molecule has 1 heterocycles. The Hall–Kier alpha value is -2.14. The molecule has 118 valence electrons. The van der Waals surface area contributed by atoms with Gasteiger partial charge in [0.1, 0.15) is 5.58 Å². The van der Waals surface area contributed by atoms with E-state index >= 15 is 0 Å². The van der Waals surface area contributed by atoms with Crippen LogP contribution in [-0.2, 0) is 11.2 Å². The van der Waals surface area contributed by atoms with E-state index in [1.165, 1.54) is 6.07 Å². The molecular weight excluding hydrogens is 280 g/mol. The topological polar surface area (TPSA) is 62.6 Å². The Morgan fingerprint density at radius 1 is 1.23 bits per heavy atom. The predicted octanol–water partition coefficient (Wildman–Crippen LogP) is 1.79. The second-order valence-corrected chi connectivity index (χ2v) is 5.14. The molecule has 0 radical (unpaired) electrons. The van der Waals surface area contributed by atoms with Gasteiger partial charge in [0.05, 0.1) is 6.42 Å². The van der Waals surface area contributed by atoms with Crippen LogP contribution in [-0.4, -0.2) is 37.0 Å². The number of fused-ring (bicyclic) bond motifs is 1. The number of nitrogens with one attached hydrogen (secondary N) is 1. The molecule has 22 heavy (non-hydrogen) atoms. The molecule has 5 nitrogen and oxygen atoms in total. The quantitative estimate of drug-likeness (QED) is 0.792. The van der Waals surface area contributed by atoms with Crippen LogP contribution in [0.3, 0.4) is 0 Å². The lowest BCUT2D eigenvalue weighted by Crippen LogP contribution is -2.35. The first-order chi connectivity index (χ1) is 10.6. The van der Waals surface area contributed by atoms with Gasteiger partial charge >= 0.3 is 5.63 Å². The van der Waals surface area contributed by atoms with Gasteiger partial charge in [-0.3, -0.25) is 4.79 Å². The van der Waals surface area contributed by atoms with E-state index in [1.807, 2.05) is 12.1 Å². The first-order valence-electron chi connectivity index (χ1n) is 7.64. The van der Waals surface area contributed by atoms with Crippen LogP contribution in [0.2, 0.25) is 0 Å². The Morgan fingerprint density at radius 3 is 2.68 bits per heavy atom. The molecule has 0 aliphatic heterocycles. The molecule has 0 saturated heterocycles. The fraction of sp³-hybridized carbons (Fsp3) is 0.412. The summed E-state index contributed by atoms with van der Waals surface area (Å²) >= 11 is 0. The zero-order valence-corrected chi connectivity index (χ0v) is 13.1. The van der Waals surface area contributed by atoms with E-state index in [-0.39, 0.29) is 12.3 Å². The van der Waals surface area contributed by atoms with E-state index in [4.69, 9.17) is 4.42 Å². The van der Waals surface area contributed by atoms with Gasteiger partial charge in [0.15, 0.2) is 0 Å². The first-order valence-corrected chi connectivity index (χ1v) is 7.64. The van der Waals surface area contributed by atoms with Crippen molar-refractivity contribution < 1.29 is 9.21 Å². The normalized spacial score (nSPS) is 11.0. The number of amides is 1. The Bertz CT molecular complexity index is 690. The molecule has 0 unspecified atom stereocenters. The summed E-state index contributed by atoms with van der Waals surface area (Å²) in [7, 11) is 0. The van der Waals surface area contributed by atoms with E-state index in [0.29, 0.717) is 17.7 Å². The minimum Gasteiger partial charge on any atom is -0.423 e. The number of benzene rings is 1. The average Bonchev–Trinajstić information content (AvgIpc) is 2.51. The fourth-order valence-electron chi connectivity index (χ4n) is 2.45. The molecular formula is C17H22N2O3. The summed E-state index contributed by atoms with van der Waals surface area (Å²) in [5.74, 6) is -0.0806. The van der Waals surface area contributed by atoms with Crippen molar-refractivity contribution in [3.8, 4) is 0 Å². The van der Waals surface area contributed by atoms with Crippen LogP contribution in [0.15, 0.2) is 39.5 Å². The molecule has 1 aromatic carbocycles. The number of hydrogen-bond acceptors (Lipinski definition) is 4. The molecule has 1 aromatic heterocycles. The summed E-state index contributed by atoms with van der Waals surface area (Å²) in [5.41, 5.74) is 0.790. The van der Waals surface area contributed by atoms with Gasteiger partial charge in [-0.2, -0.15) is 0 Å². The van der Waals surface area contributed by atoms with Gasteiger partial charge in [0.25, 0.3) is 0 Å². The van der Waals surface area contributed by atoms with Gasteiger partial charge in [0.2, 0.25) is 5.91 Å². The van der Waals surface area contributed by atoms with Crippen molar-refractivity contribution in [2.24, 2.45) is 0 Å². The third-order valence-corrected chi connectivity index (χ3v) is 3.73. The number of carbonyl (C=O) groups excluding carboxylic acids is 1. The van der Waals surface area contributed by atoms with Crippen molar-refractivity contribution in [3.63, 3.8) is 0 Å². The molecule has 0 aliphatic rings. The number of para-hydroxylation sites is 1. The summed E-state index contributed by atoms with van der Waals surface area (Å²) in [6, 6.07) is 8.66. The summed E-state index contributed by atoms with van der Waals surface area (Å²) in [5, 5.41) is 3.71. The Balaban J connectivity index is 2.01. The molecule has 0 fully saturated rings. The number of rotatable bonds is 7. The van der Waals surface area contributed by atoms with Crippen LogP contribution in [0, 0.1) is 0 Å². The largest absolute Gasteiger partial charge is 0.423 e. The summed E-state index contributed by atoms with van der Waals surface area (Å²) in [4.78, 5) is 25.9. The highest BCUT2D eigenvalue weighted by molar-refractivity contribution is 5.86. The zero-order valence-electron chi connectivity index (χ0n) is 13.1. The van der Waals surface area contributed by atoms with Crippen LogP contribution in [0.1, 0.15) is 19.4 Å². The van der Waals surface area contributed by atoms with Gasteiger partial charge in [0, 0.05) is 24.5 Å². The zero-order chi connectivity index (χ0) is 15.9. The SMILES string of the molecule is CCN(CC)CCNC(=O)Cc1cc(=O)oc2ccccc12. The molecule has 0 aliphatic carbocycles. The third kappa shape index (κ3) is 4.18. The van der Waals surface area contributed by atoms with E-state index < -0.39 is 5.63 Å². The Labute approximate surface area is 129 Å². The molecule has 0 bridgehead atoms. The number of likely N-dealkylation sites (N-methyl/N-ethyl adjacent to an activating group) is 1. The number of hydrogen-bond donors (Lipinski definition) is 1. The first kappa shape index (κ1) is 16.2. The maximum atomic E-state index is 12.1. The second kappa shape index (κ2) is 7.75. The molecule has 0 atom stereocenters. The number of nitrogens with zero attached hydrogens (tertiary/aromatic N) is 1. The van der Waals surface area contributed by atoms with Crippen LogP contribution >= 0.6 is 0 Å². The third-order valence-electron chi connectivity index (χ3n) is 3.73. The lowest BCUT2D eigenvalue weighted by Gasteiger charge is -2.18. The Kier molecular flexibility index (Phi) is 5.72. The molecule has 2 rings (SSSR count). The minimum absolute atomic E-state index is 0.0806. The highest BCUT2D eigenvalue weighted by Crippen LogP contribution is 2.16. The highest BCUT2D eigenvalue weighted by Gasteiger charge is 2.09. The average molecular weight is 302 g/mol. The van der Waals surface area contributed by atoms with Crippen molar-refractivity contribution in [2.75, 3.05) is 26.2 Å². The summed E-state index contributed by atoms with van der Waals surface area (Å²) in [6.45, 7) is 7.57. The van der Waals surface area contributed by atoms with Crippen LogP contribution in [0.25, 0.3) is 11.0 Å². The number of carbonyl (C=O) groups is 1. The standard InChI is InChI=1S/C17H22N2O3/c1-3-19(4-2)10-9-18-16(20)11-13-12-17(21)22-15-8-6-5-7-14(13)15/h5-8,12H,3-4,9-11H2,1-2H3,(H,18,20). The molecule has 1 amide bonds. The van der Waals surface area contributed by atoms with Crippen LogP contribution in [0.4, 0.5) is 0 Å². The minimum atomic E-state index is -0.426. The van der Waals surface area contributed by atoms with Crippen molar-refractivity contribution in [1.29, 1.82) is 0 Å². The van der Waals surface area contributed by atoms with Crippen molar-refractivity contribution in [3.05, 3.63) is 46.3 Å². The van der Waals surface area contributed by atoms with Gasteiger partial charge in [-0.1, -0.05) is 32.0 Å². The molecule has 0 spiro atoms. The van der Waals surface area contributed by atoms with E-state index in [9.17, 15) is 9.59 Å². The maximum Gasteiger partial charge on any atom is 0.336 e. The van der Waals surface area contributed by atoms with Crippen LogP contribution in [0.5, 0.6) is 0 Å². The van der Waals surface area contributed by atoms with E-state index in [1.54, 1.807) is 12.1 Å². The fourth-order valence-corrected chi connectivity index (χ4v) is 2.45. The second-order valence-electron chi connectivity index (χ2n) is 5.14. The van der Waals surface area contributed by atoms with Gasteiger partial charge in [-0.15, -0.1) is 0 Å². The smallest absolute Gasteiger partial charge is 0.336 e. The van der Waals surface area contributed by atoms with Crippen molar-refractivity contribution >= 4 is 16.9 Å². The van der Waals surface area contributed by atoms with Crippen molar-refractivity contribution in [2.45, 2.75) is 20.3 Å². The summed E-state index contributed by atoms with van der Waals surface area (Å²) in [6.07, 6.45) is 0.185. The molecule has 5 heteroatoms.